The minimum atomic E-state index is -2.60. The van der Waals surface area contributed by atoms with Gasteiger partial charge in [-0.2, -0.15) is 10.1 Å². The van der Waals surface area contributed by atoms with E-state index in [1.54, 1.807) is 4.52 Å². The highest BCUT2D eigenvalue weighted by Gasteiger charge is 2.33. The summed E-state index contributed by atoms with van der Waals surface area (Å²) in [4.78, 5) is 7.78. The second-order valence-electron chi connectivity index (χ2n) is 5.18. The van der Waals surface area contributed by atoms with E-state index < -0.39 is 6.43 Å². The Bertz CT molecular complexity index is 589. The fourth-order valence-corrected chi connectivity index (χ4v) is 2.65. The van der Waals surface area contributed by atoms with Crippen LogP contribution in [0.3, 0.4) is 0 Å². The van der Waals surface area contributed by atoms with Crippen LogP contribution in [-0.2, 0) is 5.41 Å². The maximum atomic E-state index is 12.9. The Hall–Kier alpha value is -1.63. The topological polar surface area (TPSA) is 55.1 Å². The van der Waals surface area contributed by atoms with Crippen LogP contribution in [-0.4, -0.2) is 32.7 Å². The second-order valence-corrected chi connectivity index (χ2v) is 5.18. The summed E-state index contributed by atoms with van der Waals surface area (Å²) in [5.41, 5.74) is 0.288. The molecule has 0 aromatic carbocycles. The number of aromatic nitrogens is 4. The van der Waals surface area contributed by atoms with Gasteiger partial charge in [0.1, 0.15) is 12.0 Å². The first-order valence-corrected chi connectivity index (χ1v) is 6.30. The summed E-state index contributed by atoms with van der Waals surface area (Å²) >= 11 is 0. The maximum Gasteiger partial charge on any atom is 0.280 e. The molecule has 1 aliphatic heterocycles. The van der Waals surface area contributed by atoms with Crippen molar-refractivity contribution < 1.29 is 8.78 Å². The summed E-state index contributed by atoms with van der Waals surface area (Å²) in [5.74, 6) is 0.236. The zero-order valence-corrected chi connectivity index (χ0v) is 10.6. The van der Waals surface area contributed by atoms with Crippen LogP contribution in [0.1, 0.15) is 37.6 Å². The lowest BCUT2D eigenvalue weighted by molar-refractivity contribution is 0.145. The van der Waals surface area contributed by atoms with Crippen molar-refractivity contribution in [2.24, 2.45) is 0 Å². The first-order chi connectivity index (χ1) is 9.10. The van der Waals surface area contributed by atoms with Gasteiger partial charge in [-0.1, -0.05) is 6.92 Å². The molecule has 0 spiro atoms. The summed E-state index contributed by atoms with van der Waals surface area (Å²) < 4.78 is 27.4. The van der Waals surface area contributed by atoms with Gasteiger partial charge in [0.15, 0.2) is 0 Å². The lowest BCUT2D eigenvalue weighted by Gasteiger charge is -2.34. The maximum absolute atomic E-state index is 12.9. The molecule has 5 nitrogen and oxygen atoms in total. The monoisotopic (exact) mass is 267 g/mol. The number of halogens is 2. The predicted molar refractivity (Wildman–Crippen MR) is 65.2 cm³/mol. The van der Waals surface area contributed by atoms with Gasteiger partial charge in [-0.15, -0.1) is 0 Å². The highest BCUT2D eigenvalue weighted by atomic mass is 19.3. The summed E-state index contributed by atoms with van der Waals surface area (Å²) in [6, 6.07) is 1.46. The van der Waals surface area contributed by atoms with Crippen LogP contribution >= 0.6 is 0 Å². The summed E-state index contributed by atoms with van der Waals surface area (Å²) in [7, 11) is 0. The van der Waals surface area contributed by atoms with Gasteiger partial charge in [0.05, 0.1) is 5.69 Å². The van der Waals surface area contributed by atoms with Crippen LogP contribution in [0, 0.1) is 0 Å². The van der Waals surface area contributed by atoms with E-state index in [1.807, 2.05) is 0 Å². The quantitative estimate of drug-likeness (QED) is 0.900. The molecule has 0 saturated carbocycles. The fourth-order valence-electron chi connectivity index (χ4n) is 2.65. The number of nitrogens with zero attached hydrogens (tertiary/aromatic N) is 4. The van der Waals surface area contributed by atoms with Gasteiger partial charge in [-0.25, -0.2) is 18.3 Å². The van der Waals surface area contributed by atoms with Crippen molar-refractivity contribution in [2.45, 2.75) is 31.6 Å². The van der Waals surface area contributed by atoms with Gasteiger partial charge in [-0.05, 0) is 25.5 Å². The number of fused-ring (bicyclic) bond motifs is 1. The highest BCUT2D eigenvalue weighted by molar-refractivity contribution is 5.34. The second kappa shape index (κ2) is 4.48. The van der Waals surface area contributed by atoms with Gasteiger partial charge in [0, 0.05) is 12.0 Å². The number of hydrogen-bond acceptors (Lipinski definition) is 4. The summed E-state index contributed by atoms with van der Waals surface area (Å²) in [6.07, 6.45) is 0.696. The minimum absolute atomic E-state index is 0.225. The Balaban J connectivity index is 2.17. The van der Waals surface area contributed by atoms with Crippen LogP contribution in [0.15, 0.2) is 12.4 Å². The molecule has 2 aromatic heterocycles. The van der Waals surface area contributed by atoms with E-state index in [0.29, 0.717) is 0 Å². The van der Waals surface area contributed by atoms with Crippen LogP contribution in [0.4, 0.5) is 8.78 Å². The van der Waals surface area contributed by atoms with Gasteiger partial charge in [0.2, 0.25) is 0 Å². The molecule has 1 N–H and O–H groups in total. The molecule has 0 aliphatic carbocycles. The third-order valence-corrected chi connectivity index (χ3v) is 3.71. The molecule has 102 valence electrons. The molecule has 1 saturated heterocycles. The molecule has 2 aromatic rings. The van der Waals surface area contributed by atoms with E-state index in [9.17, 15) is 8.78 Å². The molecule has 19 heavy (non-hydrogen) atoms. The smallest absolute Gasteiger partial charge is 0.280 e. The fraction of sp³-hybridized carbons (Fsp3) is 0.583. The first kappa shape index (κ1) is 12.4. The Morgan fingerprint density at radius 1 is 1.47 bits per heavy atom. The average molecular weight is 267 g/mol. The standard InChI is InChI=1S/C12H15F2N5/c1-12(3-2-4-15-6-12)9-5-8(10(13)14)18-11-16-7-17-19(9)11/h5,7,10,15H,2-4,6H2,1H3/t12-/m1/s1. The first-order valence-electron chi connectivity index (χ1n) is 6.30. The third-order valence-electron chi connectivity index (χ3n) is 3.71. The number of hydrogen-bond donors (Lipinski definition) is 1. The molecule has 0 radical (unpaired) electrons. The Morgan fingerprint density at radius 3 is 3.00 bits per heavy atom. The van der Waals surface area contributed by atoms with Crippen molar-refractivity contribution >= 4 is 5.78 Å². The predicted octanol–water partition coefficient (Wildman–Crippen LogP) is 1.70. The van der Waals surface area contributed by atoms with E-state index in [-0.39, 0.29) is 16.9 Å². The van der Waals surface area contributed by atoms with Crippen molar-refractivity contribution in [3.63, 3.8) is 0 Å². The van der Waals surface area contributed by atoms with Crippen LogP contribution in [0.25, 0.3) is 5.78 Å². The molecule has 7 heteroatoms. The van der Waals surface area contributed by atoms with Gasteiger partial charge < -0.3 is 5.32 Å². The van der Waals surface area contributed by atoms with E-state index in [1.165, 1.54) is 12.4 Å². The van der Waals surface area contributed by atoms with Gasteiger partial charge in [-0.3, -0.25) is 0 Å². The van der Waals surface area contributed by atoms with E-state index >= 15 is 0 Å². The SMILES string of the molecule is C[C@@]1(c2cc(C(F)F)nc3ncnn23)CCCNC1. The zero-order valence-electron chi connectivity index (χ0n) is 10.6. The highest BCUT2D eigenvalue weighted by Crippen LogP contribution is 2.32. The van der Waals surface area contributed by atoms with E-state index in [2.05, 4.69) is 27.3 Å². The molecular weight excluding hydrogens is 252 g/mol. The molecular formula is C12H15F2N5. The Kier molecular flexibility index (Phi) is 2.93. The molecule has 0 amide bonds. The summed E-state index contributed by atoms with van der Waals surface area (Å²) in [6.45, 7) is 3.77. The van der Waals surface area contributed by atoms with Crippen molar-refractivity contribution in [1.29, 1.82) is 0 Å². The Morgan fingerprint density at radius 2 is 2.32 bits per heavy atom. The van der Waals surface area contributed by atoms with Crippen molar-refractivity contribution in [2.75, 3.05) is 13.1 Å². The Labute approximate surface area is 109 Å². The lowest BCUT2D eigenvalue weighted by Crippen LogP contribution is -2.42. The average Bonchev–Trinajstić information content (AvgIpc) is 2.86. The molecule has 1 fully saturated rings. The third kappa shape index (κ3) is 2.07. The van der Waals surface area contributed by atoms with Gasteiger partial charge in [0.25, 0.3) is 12.2 Å². The largest absolute Gasteiger partial charge is 0.316 e. The summed E-state index contributed by atoms with van der Waals surface area (Å²) in [5, 5.41) is 7.42. The molecule has 0 unspecified atom stereocenters. The molecule has 1 atom stereocenters. The number of alkyl halides is 2. The van der Waals surface area contributed by atoms with E-state index in [0.717, 1.165) is 31.6 Å². The van der Waals surface area contributed by atoms with Crippen molar-refractivity contribution in [3.8, 4) is 0 Å². The molecule has 3 rings (SSSR count). The van der Waals surface area contributed by atoms with Crippen LogP contribution in [0.2, 0.25) is 0 Å². The molecule has 3 heterocycles. The van der Waals surface area contributed by atoms with Crippen LogP contribution in [0.5, 0.6) is 0 Å². The lowest BCUT2D eigenvalue weighted by atomic mass is 9.79. The minimum Gasteiger partial charge on any atom is -0.316 e. The normalized spacial score (nSPS) is 24.2. The van der Waals surface area contributed by atoms with Gasteiger partial charge >= 0.3 is 0 Å². The van der Waals surface area contributed by atoms with Crippen molar-refractivity contribution in [3.05, 3.63) is 23.8 Å². The molecule has 1 aliphatic rings. The number of piperidine rings is 1. The number of nitrogens with one attached hydrogen (secondary N) is 1. The van der Waals surface area contributed by atoms with Crippen LogP contribution < -0.4 is 5.32 Å². The number of rotatable bonds is 2. The van der Waals surface area contributed by atoms with Crippen molar-refractivity contribution in [1.82, 2.24) is 24.9 Å². The zero-order chi connectivity index (χ0) is 13.5. The van der Waals surface area contributed by atoms with E-state index in [4.69, 9.17) is 0 Å². The molecule has 0 bridgehead atoms.